The predicted octanol–water partition coefficient (Wildman–Crippen LogP) is 3.15. The van der Waals surface area contributed by atoms with Crippen molar-refractivity contribution in [2.45, 2.75) is 32.2 Å². The van der Waals surface area contributed by atoms with Crippen LogP contribution in [0.3, 0.4) is 0 Å². The summed E-state index contributed by atoms with van der Waals surface area (Å²) in [5.41, 5.74) is 0.586. The van der Waals surface area contributed by atoms with E-state index in [4.69, 9.17) is 0 Å². The lowest BCUT2D eigenvalue weighted by molar-refractivity contribution is -0.138. The van der Waals surface area contributed by atoms with E-state index in [-0.39, 0.29) is 23.7 Å². The molecule has 3 heteroatoms. The molecule has 0 saturated heterocycles. The van der Waals surface area contributed by atoms with Crippen LogP contribution in [-0.2, 0) is 4.79 Å². The van der Waals surface area contributed by atoms with Crippen molar-refractivity contribution in [3.63, 3.8) is 0 Å². The summed E-state index contributed by atoms with van der Waals surface area (Å²) in [6.07, 6.45) is 3.10. The first-order chi connectivity index (χ1) is 8.11. The first-order valence-electron chi connectivity index (χ1n) is 6.12. The van der Waals surface area contributed by atoms with E-state index in [1.807, 2.05) is 6.92 Å². The summed E-state index contributed by atoms with van der Waals surface area (Å²) in [4.78, 5) is 13.7. The Morgan fingerprint density at radius 2 is 2.06 bits per heavy atom. The second-order valence-corrected chi connectivity index (χ2v) is 4.77. The van der Waals surface area contributed by atoms with Gasteiger partial charge in [-0.1, -0.05) is 24.6 Å². The smallest absolute Gasteiger partial charge is 0.225 e. The normalized spacial score (nSPS) is 17.4. The van der Waals surface area contributed by atoms with Crippen molar-refractivity contribution in [2.75, 3.05) is 7.05 Å². The molecule has 2 rings (SSSR count). The molecule has 17 heavy (non-hydrogen) atoms. The lowest BCUT2D eigenvalue weighted by atomic mass is 9.84. The second kappa shape index (κ2) is 4.86. The standard InChI is InChI=1S/C14H18FNO/c1-10(12-8-3-4-9-13(12)15)16(2)14(17)11-6-5-7-11/h3-4,8-11H,5-7H2,1-2H3. The van der Waals surface area contributed by atoms with Gasteiger partial charge in [-0.2, -0.15) is 0 Å². The first kappa shape index (κ1) is 12.1. The van der Waals surface area contributed by atoms with Crippen LogP contribution in [0.5, 0.6) is 0 Å². The van der Waals surface area contributed by atoms with Crippen molar-refractivity contribution < 1.29 is 9.18 Å². The van der Waals surface area contributed by atoms with Crippen LogP contribution in [0.4, 0.5) is 4.39 Å². The molecule has 0 N–H and O–H groups in total. The Morgan fingerprint density at radius 1 is 1.41 bits per heavy atom. The van der Waals surface area contributed by atoms with Gasteiger partial charge in [0.15, 0.2) is 0 Å². The van der Waals surface area contributed by atoms with E-state index in [0.29, 0.717) is 5.56 Å². The highest BCUT2D eigenvalue weighted by molar-refractivity contribution is 5.79. The zero-order valence-corrected chi connectivity index (χ0v) is 10.3. The fourth-order valence-electron chi connectivity index (χ4n) is 2.16. The maximum atomic E-state index is 13.6. The number of carbonyl (C=O) groups excluding carboxylic acids is 1. The molecular weight excluding hydrogens is 217 g/mol. The molecule has 1 amide bonds. The molecule has 1 fully saturated rings. The highest BCUT2D eigenvalue weighted by Crippen LogP contribution is 2.31. The zero-order valence-electron chi connectivity index (χ0n) is 10.3. The summed E-state index contributed by atoms with van der Waals surface area (Å²) >= 11 is 0. The van der Waals surface area contributed by atoms with Gasteiger partial charge >= 0.3 is 0 Å². The molecule has 1 aliphatic carbocycles. The molecule has 1 aliphatic rings. The van der Waals surface area contributed by atoms with E-state index in [0.717, 1.165) is 19.3 Å². The van der Waals surface area contributed by atoms with Gasteiger partial charge in [-0.05, 0) is 25.8 Å². The molecule has 0 bridgehead atoms. The van der Waals surface area contributed by atoms with Crippen LogP contribution in [0.1, 0.15) is 37.8 Å². The summed E-state index contributed by atoms with van der Waals surface area (Å²) in [5.74, 6) is 0.0643. The number of carbonyl (C=O) groups is 1. The van der Waals surface area contributed by atoms with Gasteiger partial charge in [-0.25, -0.2) is 4.39 Å². The Morgan fingerprint density at radius 3 is 2.59 bits per heavy atom. The average molecular weight is 235 g/mol. The van der Waals surface area contributed by atoms with Crippen LogP contribution in [0.15, 0.2) is 24.3 Å². The fraction of sp³-hybridized carbons (Fsp3) is 0.500. The molecule has 2 nitrogen and oxygen atoms in total. The number of halogens is 1. The molecule has 1 unspecified atom stereocenters. The van der Waals surface area contributed by atoms with Crippen LogP contribution >= 0.6 is 0 Å². The van der Waals surface area contributed by atoms with Crippen LogP contribution < -0.4 is 0 Å². The molecule has 1 saturated carbocycles. The number of nitrogens with zero attached hydrogens (tertiary/aromatic N) is 1. The Bertz CT molecular complexity index is 414. The fourth-order valence-corrected chi connectivity index (χ4v) is 2.16. The van der Waals surface area contributed by atoms with E-state index in [2.05, 4.69) is 0 Å². The minimum Gasteiger partial charge on any atom is -0.339 e. The van der Waals surface area contributed by atoms with E-state index in [1.165, 1.54) is 6.07 Å². The first-order valence-corrected chi connectivity index (χ1v) is 6.12. The number of amides is 1. The molecule has 1 atom stereocenters. The average Bonchev–Trinajstić information content (AvgIpc) is 2.25. The summed E-state index contributed by atoms with van der Waals surface area (Å²) in [5, 5.41) is 0. The molecule has 1 aromatic rings. The second-order valence-electron chi connectivity index (χ2n) is 4.77. The Kier molecular flexibility index (Phi) is 3.46. The third-order valence-electron chi connectivity index (χ3n) is 3.74. The molecule has 0 aliphatic heterocycles. The molecule has 0 spiro atoms. The predicted molar refractivity (Wildman–Crippen MR) is 64.9 cm³/mol. The number of hydrogen-bond donors (Lipinski definition) is 0. The lowest BCUT2D eigenvalue weighted by Gasteiger charge is -2.33. The number of rotatable bonds is 3. The van der Waals surface area contributed by atoms with Crippen LogP contribution in [0, 0.1) is 11.7 Å². The summed E-state index contributed by atoms with van der Waals surface area (Å²) in [7, 11) is 1.76. The molecule has 92 valence electrons. The van der Waals surface area contributed by atoms with Crippen LogP contribution in [0.2, 0.25) is 0 Å². The van der Waals surface area contributed by atoms with E-state index < -0.39 is 0 Å². The van der Waals surface area contributed by atoms with Crippen molar-refractivity contribution in [2.24, 2.45) is 5.92 Å². The van der Waals surface area contributed by atoms with Crippen molar-refractivity contribution >= 4 is 5.91 Å². The SMILES string of the molecule is CC(c1ccccc1F)N(C)C(=O)C1CCC1. The molecule has 1 aromatic carbocycles. The van der Waals surface area contributed by atoms with Gasteiger partial charge in [0.1, 0.15) is 5.82 Å². The quantitative estimate of drug-likeness (QED) is 0.788. The minimum absolute atomic E-state index is 0.145. The van der Waals surface area contributed by atoms with E-state index >= 15 is 0 Å². The van der Waals surface area contributed by atoms with Gasteiger partial charge in [0, 0.05) is 18.5 Å². The third-order valence-corrected chi connectivity index (χ3v) is 3.74. The Hall–Kier alpha value is -1.38. The van der Waals surface area contributed by atoms with Gasteiger partial charge in [-0.3, -0.25) is 4.79 Å². The van der Waals surface area contributed by atoms with Crippen molar-refractivity contribution in [1.82, 2.24) is 4.90 Å². The molecule has 0 aromatic heterocycles. The van der Waals surface area contributed by atoms with Crippen molar-refractivity contribution in [3.8, 4) is 0 Å². The van der Waals surface area contributed by atoms with E-state index in [1.54, 1.807) is 30.1 Å². The maximum Gasteiger partial charge on any atom is 0.225 e. The van der Waals surface area contributed by atoms with Crippen LogP contribution in [-0.4, -0.2) is 17.9 Å². The van der Waals surface area contributed by atoms with E-state index in [9.17, 15) is 9.18 Å². The van der Waals surface area contributed by atoms with Gasteiger partial charge in [-0.15, -0.1) is 0 Å². The Labute approximate surface area is 101 Å². The topological polar surface area (TPSA) is 20.3 Å². The van der Waals surface area contributed by atoms with Gasteiger partial charge in [0.05, 0.1) is 6.04 Å². The number of hydrogen-bond acceptors (Lipinski definition) is 1. The van der Waals surface area contributed by atoms with Crippen molar-refractivity contribution in [1.29, 1.82) is 0 Å². The van der Waals surface area contributed by atoms with Gasteiger partial charge < -0.3 is 4.90 Å². The largest absolute Gasteiger partial charge is 0.339 e. The monoisotopic (exact) mass is 235 g/mol. The van der Waals surface area contributed by atoms with Gasteiger partial charge in [0.2, 0.25) is 5.91 Å². The molecule has 0 heterocycles. The minimum atomic E-state index is -0.242. The van der Waals surface area contributed by atoms with Crippen LogP contribution in [0.25, 0.3) is 0 Å². The maximum absolute atomic E-state index is 13.6. The summed E-state index contributed by atoms with van der Waals surface area (Å²) in [6.45, 7) is 1.87. The number of benzene rings is 1. The third kappa shape index (κ3) is 2.33. The molecular formula is C14H18FNO. The zero-order chi connectivity index (χ0) is 12.4. The highest BCUT2D eigenvalue weighted by Gasteiger charge is 2.30. The highest BCUT2D eigenvalue weighted by atomic mass is 19.1. The molecule has 0 radical (unpaired) electrons. The summed E-state index contributed by atoms with van der Waals surface area (Å²) < 4.78 is 13.6. The van der Waals surface area contributed by atoms with Crippen molar-refractivity contribution in [3.05, 3.63) is 35.6 Å². The van der Waals surface area contributed by atoms with Gasteiger partial charge in [0.25, 0.3) is 0 Å². The Balaban J connectivity index is 2.11. The summed E-state index contributed by atoms with van der Waals surface area (Å²) in [6, 6.07) is 6.44. The lowest BCUT2D eigenvalue weighted by Crippen LogP contribution is -2.37.